The number of aromatic hydroxyl groups is 1. The first-order valence-electron chi connectivity index (χ1n) is 7.62. The van der Waals surface area contributed by atoms with Gasteiger partial charge in [0.2, 0.25) is 0 Å². The van der Waals surface area contributed by atoms with Gasteiger partial charge in [-0.3, -0.25) is 0 Å². The number of benzene rings is 1. The van der Waals surface area contributed by atoms with E-state index >= 15 is 0 Å². The van der Waals surface area contributed by atoms with E-state index in [1.807, 2.05) is 30.5 Å². The molecule has 4 nitrogen and oxygen atoms in total. The summed E-state index contributed by atoms with van der Waals surface area (Å²) >= 11 is 0. The number of rotatable bonds is 6. The van der Waals surface area contributed by atoms with E-state index in [-0.39, 0.29) is 0 Å². The van der Waals surface area contributed by atoms with Crippen LogP contribution < -0.4 is 4.90 Å². The van der Waals surface area contributed by atoms with E-state index in [0.29, 0.717) is 18.2 Å². The van der Waals surface area contributed by atoms with Gasteiger partial charge < -0.3 is 10.0 Å². The number of nitrogens with zero attached hydrogens (tertiary/aromatic N) is 3. The minimum Gasteiger partial charge on any atom is -0.508 e. The van der Waals surface area contributed by atoms with Crippen molar-refractivity contribution in [3.8, 4) is 5.75 Å². The normalized spacial score (nSPS) is 14.1. The molecule has 1 aromatic heterocycles. The van der Waals surface area contributed by atoms with Crippen LogP contribution in [0.1, 0.15) is 43.5 Å². The summed E-state index contributed by atoms with van der Waals surface area (Å²) in [5.74, 6) is 2.82. The first kappa shape index (κ1) is 13.9. The Morgan fingerprint density at radius 2 is 2.05 bits per heavy atom. The highest BCUT2D eigenvalue weighted by atomic mass is 16.3. The van der Waals surface area contributed by atoms with Gasteiger partial charge in [0.15, 0.2) is 0 Å². The van der Waals surface area contributed by atoms with E-state index in [1.165, 1.54) is 12.8 Å². The molecule has 0 amide bonds. The minimum absolute atomic E-state index is 0.343. The lowest BCUT2D eigenvalue weighted by Gasteiger charge is -2.24. The highest BCUT2D eigenvalue weighted by Gasteiger charge is 2.27. The highest BCUT2D eigenvalue weighted by Crippen LogP contribution is 2.38. The van der Waals surface area contributed by atoms with Crippen molar-refractivity contribution in [2.75, 3.05) is 11.4 Å². The molecular weight excluding hydrogens is 262 g/mol. The lowest BCUT2D eigenvalue weighted by Crippen LogP contribution is -2.25. The van der Waals surface area contributed by atoms with Gasteiger partial charge in [0, 0.05) is 30.8 Å². The van der Waals surface area contributed by atoms with Gasteiger partial charge in [-0.1, -0.05) is 25.1 Å². The number of para-hydroxylation sites is 1. The zero-order valence-corrected chi connectivity index (χ0v) is 12.4. The monoisotopic (exact) mass is 283 g/mol. The fourth-order valence-electron chi connectivity index (χ4n) is 2.47. The maximum atomic E-state index is 9.97. The van der Waals surface area contributed by atoms with Crippen molar-refractivity contribution in [3.05, 3.63) is 47.9 Å². The highest BCUT2D eigenvalue weighted by molar-refractivity contribution is 5.42. The van der Waals surface area contributed by atoms with E-state index in [4.69, 9.17) is 4.98 Å². The van der Waals surface area contributed by atoms with Crippen LogP contribution in [0.25, 0.3) is 0 Å². The summed E-state index contributed by atoms with van der Waals surface area (Å²) in [6.07, 6.45) is 5.30. The Bertz CT molecular complexity index is 610. The number of aromatic nitrogens is 2. The first-order valence-corrected chi connectivity index (χ1v) is 7.62. The molecule has 0 spiro atoms. The van der Waals surface area contributed by atoms with Crippen molar-refractivity contribution in [1.82, 2.24) is 9.97 Å². The van der Waals surface area contributed by atoms with E-state index < -0.39 is 0 Å². The largest absolute Gasteiger partial charge is 0.508 e. The summed E-state index contributed by atoms with van der Waals surface area (Å²) in [5, 5.41) is 9.97. The predicted octanol–water partition coefficient (Wildman–Crippen LogP) is 3.48. The van der Waals surface area contributed by atoms with Crippen LogP contribution in [0.5, 0.6) is 5.75 Å². The van der Waals surface area contributed by atoms with Crippen molar-refractivity contribution in [2.24, 2.45) is 0 Å². The lowest BCUT2D eigenvalue weighted by molar-refractivity contribution is 0.467. The molecule has 1 aliphatic carbocycles. The van der Waals surface area contributed by atoms with Crippen molar-refractivity contribution in [1.29, 1.82) is 0 Å². The molecule has 0 atom stereocenters. The zero-order valence-electron chi connectivity index (χ0n) is 12.4. The average molecular weight is 283 g/mol. The Kier molecular flexibility index (Phi) is 4.04. The topological polar surface area (TPSA) is 49.2 Å². The lowest BCUT2D eigenvalue weighted by atomic mass is 10.2. The SMILES string of the molecule is CCCN(Cc1ccccc1O)c1ccnc(C2CC2)n1. The van der Waals surface area contributed by atoms with E-state index in [2.05, 4.69) is 16.8 Å². The van der Waals surface area contributed by atoms with Crippen LogP contribution in [0.2, 0.25) is 0 Å². The smallest absolute Gasteiger partial charge is 0.133 e. The van der Waals surface area contributed by atoms with Crippen LogP contribution in [-0.2, 0) is 6.54 Å². The van der Waals surface area contributed by atoms with Gasteiger partial charge in [-0.05, 0) is 31.4 Å². The number of anilines is 1. The fraction of sp³-hybridized carbons (Fsp3) is 0.412. The maximum absolute atomic E-state index is 9.97. The Labute approximate surface area is 125 Å². The molecule has 1 heterocycles. The molecule has 21 heavy (non-hydrogen) atoms. The number of phenolic OH excluding ortho intramolecular Hbond substituents is 1. The molecule has 110 valence electrons. The van der Waals surface area contributed by atoms with Crippen LogP contribution in [-0.4, -0.2) is 21.6 Å². The van der Waals surface area contributed by atoms with Gasteiger partial charge >= 0.3 is 0 Å². The third-order valence-electron chi connectivity index (χ3n) is 3.77. The molecule has 4 heteroatoms. The molecular formula is C17H21N3O. The molecule has 0 saturated heterocycles. The second-order valence-electron chi connectivity index (χ2n) is 5.60. The van der Waals surface area contributed by atoms with Gasteiger partial charge in [-0.15, -0.1) is 0 Å². The summed E-state index contributed by atoms with van der Waals surface area (Å²) in [4.78, 5) is 11.3. The maximum Gasteiger partial charge on any atom is 0.133 e. The van der Waals surface area contributed by atoms with Crippen LogP contribution in [0.4, 0.5) is 5.82 Å². The second kappa shape index (κ2) is 6.12. The van der Waals surface area contributed by atoms with Gasteiger partial charge in [0.05, 0.1) is 0 Å². The van der Waals surface area contributed by atoms with Crippen LogP contribution in [0.3, 0.4) is 0 Å². The number of phenols is 1. The molecule has 0 aliphatic heterocycles. The summed E-state index contributed by atoms with van der Waals surface area (Å²) < 4.78 is 0. The van der Waals surface area contributed by atoms with Crippen LogP contribution >= 0.6 is 0 Å². The Morgan fingerprint density at radius 3 is 2.76 bits per heavy atom. The predicted molar refractivity (Wildman–Crippen MR) is 83.5 cm³/mol. The van der Waals surface area contributed by atoms with Crippen LogP contribution in [0, 0.1) is 0 Å². The Hall–Kier alpha value is -2.10. The van der Waals surface area contributed by atoms with E-state index in [9.17, 15) is 5.11 Å². The fourth-order valence-corrected chi connectivity index (χ4v) is 2.47. The van der Waals surface area contributed by atoms with Gasteiger partial charge in [0.1, 0.15) is 17.4 Å². The van der Waals surface area contributed by atoms with Crippen molar-refractivity contribution in [3.63, 3.8) is 0 Å². The Balaban J connectivity index is 1.83. The molecule has 3 rings (SSSR count). The standard InChI is InChI=1S/C17H21N3O/c1-2-11-20(12-14-5-3-4-6-15(14)21)16-9-10-18-17(19-16)13-7-8-13/h3-6,9-10,13,21H,2,7-8,11-12H2,1H3. The van der Waals surface area contributed by atoms with Crippen LogP contribution in [0.15, 0.2) is 36.5 Å². The summed E-state index contributed by atoms with van der Waals surface area (Å²) in [7, 11) is 0. The molecule has 0 bridgehead atoms. The number of hydrogen-bond acceptors (Lipinski definition) is 4. The third-order valence-corrected chi connectivity index (χ3v) is 3.77. The van der Waals surface area contributed by atoms with Crippen molar-refractivity contribution in [2.45, 2.75) is 38.6 Å². The second-order valence-corrected chi connectivity index (χ2v) is 5.60. The molecule has 1 saturated carbocycles. The van der Waals surface area contributed by atoms with Crippen molar-refractivity contribution < 1.29 is 5.11 Å². The number of hydrogen-bond donors (Lipinski definition) is 1. The van der Waals surface area contributed by atoms with Gasteiger partial charge in [-0.25, -0.2) is 9.97 Å². The Morgan fingerprint density at radius 1 is 1.24 bits per heavy atom. The summed E-state index contributed by atoms with van der Waals surface area (Å²) in [5.41, 5.74) is 0.928. The van der Waals surface area contributed by atoms with E-state index in [0.717, 1.165) is 30.2 Å². The van der Waals surface area contributed by atoms with Gasteiger partial charge in [-0.2, -0.15) is 0 Å². The third kappa shape index (κ3) is 3.32. The molecule has 0 unspecified atom stereocenters. The van der Waals surface area contributed by atoms with E-state index in [1.54, 1.807) is 6.07 Å². The minimum atomic E-state index is 0.343. The summed E-state index contributed by atoms with van der Waals surface area (Å²) in [6.45, 7) is 3.73. The average Bonchev–Trinajstić information content (AvgIpc) is 3.34. The van der Waals surface area contributed by atoms with Gasteiger partial charge in [0.25, 0.3) is 0 Å². The van der Waals surface area contributed by atoms with Crippen molar-refractivity contribution >= 4 is 5.82 Å². The first-order chi connectivity index (χ1) is 10.3. The zero-order chi connectivity index (χ0) is 14.7. The molecule has 1 aliphatic rings. The molecule has 1 fully saturated rings. The quantitative estimate of drug-likeness (QED) is 0.882. The molecule has 1 N–H and O–H groups in total. The molecule has 0 radical (unpaired) electrons. The summed E-state index contributed by atoms with van der Waals surface area (Å²) in [6, 6.07) is 9.45. The molecule has 1 aromatic carbocycles. The molecule has 2 aromatic rings.